The molecule has 0 amide bonds. The summed E-state index contributed by atoms with van der Waals surface area (Å²) in [7, 11) is 1.60. The Kier molecular flexibility index (Phi) is 6.40. The van der Waals surface area contributed by atoms with Gasteiger partial charge >= 0.3 is 0 Å². The molecule has 4 rings (SSSR count). The van der Waals surface area contributed by atoms with E-state index in [4.69, 9.17) is 21.4 Å². The second-order valence-electron chi connectivity index (χ2n) is 8.17. The van der Waals surface area contributed by atoms with E-state index in [0.717, 1.165) is 48.5 Å². The van der Waals surface area contributed by atoms with E-state index in [1.807, 2.05) is 22.9 Å². The molecule has 0 bridgehead atoms. The third-order valence-electron chi connectivity index (χ3n) is 6.05. The van der Waals surface area contributed by atoms with Gasteiger partial charge in [0.1, 0.15) is 0 Å². The summed E-state index contributed by atoms with van der Waals surface area (Å²) in [4.78, 5) is 0. The minimum atomic E-state index is -1.54. The van der Waals surface area contributed by atoms with Crippen molar-refractivity contribution in [2.75, 3.05) is 7.11 Å². The molecular weight excluding hydrogens is 388 g/mol. The van der Waals surface area contributed by atoms with Crippen LogP contribution in [0.15, 0.2) is 42.0 Å². The number of aliphatic hydroxyl groups is 2. The van der Waals surface area contributed by atoms with E-state index >= 15 is 0 Å². The van der Waals surface area contributed by atoms with Crippen molar-refractivity contribution in [3.63, 3.8) is 0 Å². The molecular formula is C23H29ClN2O3. The maximum Gasteiger partial charge on any atom is 0.178 e. The molecule has 2 unspecified atom stereocenters. The third-order valence-corrected chi connectivity index (χ3v) is 6.30. The monoisotopic (exact) mass is 416 g/mol. The molecule has 2 heterocycles. The average Bonchev–Trinajstić information content (AvgIpc) is 3.46. The fourth-order valence-electron chi connectivity index (χ4n) is 4.31. The first-order valence-electron chi connectivity index (χ1n) is 10.5. The highest BCUT2D eigenvalue weighted by Gasteiger charge is 2.33. The molecule has 1 aromatic carbocycles. The van der Waals surface area contributed by atoms with Gasteiger partial charge in [-0.05, 0) is 68.7 Å². The Bertz CT molecular complexity index is 856. The van der Waals surface area contributed by atoms with Gasteiger partial charge < -0.3 is 14.9 Å². The summed E-state index contributed by atoms with van der Waals surface area (Å²) >= 11 is 5.99. The summed E-state index contributed by atoms with van der Waals surface area (Å²) in [6.07, 6.45) is 7.06. The van der Waals surface area contributed by atoms with Crippen LogP contribution in [0.3, 0.4) is 0 Å². The number of benzene rings is 1. The number of hydrogen-bond acceptors (Lipinski definition) is 4. The van der Waals surface area contributed by atoms with Crippen molar-refractivity contribution in [3.05, 3.63) is 64.0 Å². The predicted molar refractivity (Wildman–Crippen MR) is 113 cm³/mol. The summed E-state index contributed by atoms with van der Waals surface area (Å²) in [5.41, 5.74) is 4.03. The number of aromatic nitrogens is 2. The van der Waals surface area contributed by atoms with Crippen molar-refractivity contribution in [3.8, 4) is 0 Å². The maximum absolute atomic E-state index is 9.86. The van der Waals surface area contributed by atoms with Gasteiger partial charge in [-0.2, -0.15) is 5.10 Å². The van der Waals surface area contributed by atoms with Crippen molar-refractivity contribution in [2.24, 2.45) is 0 Å². The summed E-state index contributed by atoms with van der Waals surface area (Å²) in [5, 5.41) is 25.3. The van der Waals surface area contributed by atoms with Crippen LogP contribution in [-0.4, -0.2) is 33.4 Å². The van der Waals surface area contributed by atoms with Crippen molar-refractivity contribution in [1.82, 2.24) is 9.78 Å². The van der Waals surface area contributed by atoms with Gasteiger partial charge in [0.05, 0.1) is 5.69 Å². The predicted octanol–water partition coefficient (Wildman–Crippen LogP) is 4.70. The molecule has 0 radical (unpaired) electrons. The van der Waals surface area contributed by atoms with E-state index in [0.29, 0.717) is 17.4 Å². The molecule has 29 heavy (non-hydrogen) atoms. The second-order valence-corrected chi connectivity index (χ2v) is 8.61. The van der Waals surface area contributed by atoms with Gasteiger partial charge in [-0.1, -0.05) is 29.8 Å². The summed E-state index contributed by atoms with van der Waals surface area (Å²) in [6, 6.07) is 10.3. The number of hydrogen-bond donors (Lipinski definition) is 2. The van der Waals surface area contributed by atoms with Crippen LogP contribution in [0.1, 0.15) is 73.5 Å². The largest absolute Gasteiger partial charge is 0.364 e. The van der Waals surface area contributed by atoms with Crippen LogP contribution in [0.25, 0.3) is 0 Å². The van der Waals surface area contributed by atoms with Gasteiger partial charge in [-0.25, -0.2) is 4.68 Å². The summed E-state index contributed by atoms with van der Waals surface area (Å²) < 4.78 is 7.57. The van der Waals surface area contributed by atoms with E-state index in [1.165, 1.54) is 18.4 Å². The van der Waals surface area contributed by atoms with E-state index < -0.39 is 12.5 Å². The zero-order chi connectivity index (χ0) is 20.4. The van der Waals surface area contributed by atoms with Crippen LogP contribution in [0.2, 0.25) is 5.02 Å². The number of methoxy groups -OCH3 is 1. The molecule has 0 saturated heterocycles. The lowest BCUT2D eigenvalue weighted by atomic mass is 9.90. The van der Waals surface area contributed by atoms with Gasteiger partial charge in [0.15, 0.2) is 12.5 Å². The number of halogens is 1. The molecule has 5 nitrogen and oxygen atoms in total. The molecule has 0 spiro atoms. The van der Waals surface area contributed by atoms with Gasteiger partial charge in [0.25, 0.3) is 0 Å². The lowest BCUT2D eigenvalue weighted by Gasteiger charge is -2.28. The molecule has 1 aliphatic heterocycles. The first kappa shape index (κ1) is 20.6. The zero-order valence-electron chi connectivity index (χ0n) is 16.8. The van der Waals surface area contributed by atoms with E-state index in [2.05, 4.69) is 18.2 Å². The van der Waals surface area contributed by atoms with Crippen LogP contribution in [0, 0.1) is 0 Å². The number of ether oxygens (including phenoxy) is 1. The smallest absolute Gasteiger partial charge is 0.178 e. The molecule has 2 N–H and O–H groups in total. The molecule has 156 valence electrons. The Morgan fingerprint density at radius 3 is 2.62 bits per heavy atom. The highest BCUT2D eigenvalue weighted by atomic mass is 35.5. The SMILES string of the molecule is COC1C(C(O)O)=CCCC(CCCc2ccc(Cl)cc2)c2cc(C3CC3)nn21. The van der Waals surface area contributed by atoms with Crippen LogP contribution in [-0.2, 0) is 11.2 Å². The third kappa shape index (κ3) is 4.75. The lowest BCUT2D eigenvalue weighted by Crippen LogP contribution is -2.27. The summed E-state index contributed by atoms with van der Waals surface area (Å²) in [6.45, 7) is 0. The van der Waals surface area contributed by atoms with Gasteiger partial charge in [0.2, 0.25) is 0 Å². The van der Waals surface area contributed by atoms with Crippen molar-refractivity contribution in [2.45, 2.75) is 69.3 Å². The quantitative estimate of drug-likeness (QED) is 0.507. The van der Waals surface area contributed by atoms with Crippen LogP contribution >= 0.6 is 11.6 Å². The average molecular weight is 417 g/mol. The van der Waals surface area contributed by atoms with E-state index in [9.17, 15) is 10.2 Å². The first-order chi connectivity index (χ1) is 14.1. The molecule has 1 aromatic heterocycles. The van der Waals surface area contributed by atoms with Crippen molar-refractivity contribution >= 4 is 11.6 Å². The fourth-order valence-corrected chi connectivity index (χ4v) is 4.43. The number of aryl methyl sites for hydroxylation is 1. The van der Waals surface area contributed by atoms with Crippen LogP contribution < -0.4 is 0 Å². The Balaban J connectivity index is 1.55. The van der Waals surface area contributed by atoms with Crippen molar-refractivity contribution in [1.29, 1.82) is 0 Å². The van der Waals surface area contributed by atoms with Gasteiger partial charge in [-0.15, -0.1) is 0 Å². The Labute approximate surface area is 177 Å². The van der Waals surface area contributed by atoms with Crippen LogP contribution in [0.4, 0.5) is 0 Å². The van der Waals surface area contributed by atoms with E-state index in [1.54, 1.807) is 7.11 Å². The normalized spacial score (nSPS) is 22.2. The molecule has 2 aromatic rings. The lowest BCUT2D eigenvalue weighted by molar-refractivity contribution is -0.0472. The highest BCUT2D eigenvalue weighted by molar-refractivity contribution is 6.30. The number of allylic oxidation sites excluding steroid dienone is 1. The molecule has 1 fully saturated rings. The summed E-state index contributed by atoms with van der Waals surface area (Å²) in [5.74, 6) is 0.906. The first-order valence-corrected chi connectivity index (χ1v) is 10.9. The zero-order valence-corrected chi connectivity index (χ0v) is 17.6. The number of aliphatic hydroxyl groups excluding tert-OH is 1. The maximum atomic E-state index is 9.86. The van der Waals surface area contributed by atoms with Gasteiger partial charge in [-0.3, -0.25) is 0 Å². The van der Waals surface area contributed by atoms with Gasteiger partial charge in [0, 0.05) is 35.2 Å². The number of nitrogens with zero attached hydrogens (tertiary/aromatic N) is 2. The molecule has 1 aliphatic carbocycles. The molecule has 2 atom stereocenters. The minimum Gasteiger partial charge on any atom is -0.364 e. The molecule has 2 aliphatic rings. The van der Waals surface area contributed by atoms with Crippen LogP contribution in [0.5, 0.6) is 0 Å². The fraction of sp³-hybridized carbons (Fsp3) is 0.522. The second kappa shape index (κ2) is 9.00. The topological polar surface area (TPSA) is 67.5 Å². The number of fused-ring (bicyclic) bond motifs is 1. The highest BCUT2D eigenvalue weighted by Crippen LogP contribution is 2.43. The Morgan fingerprint density at radius 1 is 1.21 bits per heavy atom. The molecule has 6 heteroatoms. The Morgan fingerprint density at radius 2 is 1.97 bits per heavy atom. The standard InChI is InChI=1S/C23H29ClN2O3/c1-29-22-19(23(27)28)7-3-6-17(5-2-4-15-8-12-18(24)13-9-15)21-14-20(16-10-11-16)25-26(21)22/h7-9,12-14,16-17,22-23,27-28H,2-6,10-11H2,1H3. The number of rotatable bonds is 7. The minimum absolute atomic E-state index is 0.369. The Hall–Kier alpha value is -1.66. The molecule has 1 saturated carbocycles. The van der Waals surface area contributed by atoms with Crippen molar-refractivity contribution < 1.29 is 14.9 Å². The van der Waals surface area contributed by atoms with E-state index in [-0.39, 0.29) is 0 Å².